The molecule has 5 heteroatoms. The number of nitrogens with one attached hydrogen (secondary N) is 1. The van der Waals surface area contributed by atoms with Crippen LogP contribution < -0.4 is 11.1 Å². The highest BCUT2D eigenvalue weighted by Gasteiger charge is 2.25. The number of oxime groups is 1. The molecular weight excluding hydrogens is 254 g/mol. The first-order valence-electron chi connectivity index (χ1n) is 7.13. The maximum absolute atomic E-state index is 8.61. The van der Waals surface area contributed by atoms with Crippen LogP contribution in [0.25, 0.3) is 0 Å². The van der Waals surface area contributed by atoms with Crippen LogP contribution in [0, 0.1) is 5.92 Å². The van der Waals surface area contributed by atoms with Crippen LogP contribution in [0.4, 0.5) is 0 Å². The molecule has 0 amide bonds. The van der Waals surface area contributed by atoms with Gasteiger partial charge < -0.3 is 21.0 Å². The van der Waals surface area contributed by atoms with Gasteiger partial charge in [-0.1, -0.05) is 36.3 Å². The van der Waals surface area contributed by atoms with Crippen LogP contribution in [0.2, 0.25) is 0 Å². The summed E-state index contributed by atoms with van der Waals surface area (Å²) in [6.07, 6.45) is 2.64. The van der Waals surface area contributed by atoms with Crippen LogP contribution in [0.5, 0.6) is 0 Å². The topological polar surface area (TPSA) is 79.9 Å². The Balaban J connectivity index is 1.79. The van der Waals surface area contributed by atoms with E-state index in [0.717, 1.165) is 38.1 Å². The molecule has 1 aromatic rings. The fourth-order valence-electron chi connectivity index (χ4n) is 2.63. The molecule has 1 heterocycles. The molecular formula is C15H23N3O2. The summed E-state index contributed by atoms with van der Waals surface area (Å²) in [5.41, 5.74) is 7.44. The molecule has 0 saturated carbocycles. The summed E-state index contributed by atoms with van der Waals surface area (Å²) in [5, 5.41) is 15.1. The van der Waals surface area contributed by atoms with E-state index in [1.165, 1.54) is 5.56 Å². The van der Waals surface area contributed by atoms with Crippen LogP contribution >= 0.6 is 0 Å². The van der Waals surface area contributed by atoms with E-state index >= 15 is 0 Å². The molecule has 5 nitrogen and oxygen atoms in total. The number of ether oxygens (including phenoxy) is 1. The molecule has 1 fully saturated rings. The summed E-state index contributed by atoms with van der Waals surface area (Å²) in [5.74, 6) is 0.759. The zero-order chi connectivity index (χ0) is 14.4. The lowest BCUT2D eigenvalue weighted by atomic mass is 9.99. The van der Waals surface area contributed by atoms with Crippen molar-refractivity contribution in [3.8, 4) is 0 Å². The highest BCUT2D eigenvalue weighted by Crippen LogP contribution is 2.22. The lowest BCUT2D eigenvalue weighted by molar-refractivity contribution is 0.0872. The molecule has 1 aliphatic rings. The Hall–Kier alpha value is -1.59. The monoisotopic (exact) mass is 277 g/mol. The molecule has 0 bridgehead atoms. The first kappa shape index (κ1) is 14.8. The zero-order valence-corrected chi connectivity index (χ0v) is 11.9. The summed E-state index contributed by atoms with van der Waals surface area (Å²) < 4.78 is 5.68. The highest BCUT2D eigenvalue weighted by atomic mass is 16.5. The minimum Gasteiger partial charge on any atom is -0.409 e. The van der Waals surface area contributed by atoms with Crippen molar-refractivity contribution in [2.24, 2.45) is 16.8 Å². The molecule has 0 radical (unpaired) electrons. The normalized spacial score (nSPS) is 23.1. The van der Waals surface area contributed by atoms with E-state index in [-0.39, 0.29) is 5.84 Å². The number of nitrogens with two attached hydrogens (primary N) is 1. The predicted octanol–water partition coefficient (Wildman–Crippen LogP) is 1.69. The number of benzene rings is 1. The van der Waals surface area contributed by atoms with Crippen molar-refractivity contribution < 1.29 is 9.94 Å². The molecule has 2 atom stereocenters. The second-order valence-electron chi connectivity index (χ2n) is 5.18. The van der Waals surface area contributed by atoms with E-state index in [2.05, 4.69) is 17.4 Å². The van der Waals surface area contributed by atoms with Crippen LogP contribution in [0.3, 0.4) is 0 Å². The fraction of sp³-hybridized carbons (Fsp3) is 0.533. The maximum atomic E-state index is 8.61. The fourth-order valence-corrected chi connectivity index (χ4v) is 2.63. The molecule has 0 spiro atoms. The summed E-state index contributed by atoms with van der Waals surface area (Å²) in [6, 6.07) is 7.70. The van der Waals surface area contributed by atoms with Crippen molar-refractivity contribution in [2.75, 3.05) is 13.2 Å². The summed E-state index contributed by atoms with van der Waals surface area (Å²) in [7, 11) is 0. The molecule has 2 rings (SSSR count). The minimum atomic E-state index is 0.137. The standard InChI is InChI=1S/C15H23N3O2/c1-2-14-13(7-8-20-14)10-17-9-11-3-5-12(6-4-11)15(16)18-19/h3-6,13-14,17,19H,2,7-10H2,1H3,(H2,16,18). The van der Waals surface area contributed by atoms with Crippen LogP contribution in [-0.4, -0.2) is 30.3 Å². The van der Waals surface area contributed by atoms with Gasteiger partial charge in [-0.25, -0.2) is 0 Å². The van der Waals surface area contributed by atoms with E-state index in [0.29, 0.717) is 12.0 Å². The molecule has 2 unspecified atom stereocenters. The van der Waals surface area contributed by atoms with Crippen molar-refractivity contribution >= 4 is 5.84 Å². The van der Waals surface area contributed by atoms with Gasteiger partial charge in [-0.05, 0) is 24.3 Å². The van der Waals surface area contributed by atoms with Gasteiger partial charge in [-0.2, -0.15) is 0 Å². The van der Waals surface area contributed by atoms with Gasteiger partial charge in [-0.15, -0.1) is 0 Å². The Labute approximate surface area is 119 Å². The van der Waals surface area contributed by atoms with Crippen molar-refractivity contribution in [1.29, 1.82) is 0 Å². The van der Waals surface area contributed by atoms with E-state index < -0.39 is 0 Å². The van der Waals surface area contributed by atoms with Crippen molar-refractivity contribution in [2.45, 2.75) is 32.4 Å². The SMILES string of the molecule is CCC1OCCC1CNCc1ccc(/C(N)=N/O)cc1. The lowest BCUT2D eigenvalue weighted by Crippen LogP contribution is -2.28. The van der Waals surface area contributed by atoms with Gasteiger partial charge in [0.05, 0.1) is 6.10 Å². The van der Waals surface area contributed by atoms with Crippen LogP contribution in [0.1, 0.15) is 30.9 Å². The lowest BCUT2D eigenvalue weighted by Gasteiger charge is -2.17. The number of rotatable bonds is 6. The Kier molecular flexibility index (Phi) is 5.38. The smallest absolute Gasteiger partial charge is 0.170 e. The molecule has 20 heavy (non-hydrogen) atoms. The maximum Gasteiger partial charge on any atom is 0.170 e. The average molecular weight is 277 g/mol. The van der Waals surface area contributed by atoms with Gasteiger partial charge in [0.2, 0.25) is 0 Å². The van der Waals surface area contributed by atoms with Gasteiger partial charge >= 0.3 is 0 Å². The van der Waals surface area contributed by atoms with Crippen molar-refractivity contribution in [3.63, 3.8) is 0 Å². The first-order valence-corrected chi connectivity index (χ1v) is 7.13. The molecule has 1 aliphatic heterocycles. The predicted molar refractivity (Wildman–Crippen MR) is 78.8 cm³/mol. The third-order valence-corrected chi connectivity index (χ3v) is 3.84. The molecule has 1 saturated heterocycles. The van der Waals surface area contributed by atoms with Crippen LogP contribution in [0.15, 0.2) is 29.4 Å². The summed E-state index contributed by atoms with van der Waals surface area (Å²) in [4.78, 5) is 0. The highest BCUT2D eigenvalue weighted by molar-refractivity contribution is 5.96. The van der Waals surface area contributed by atoms with Crippen molar-refractivity contribution in [3.05, 3.63) is 35.4 Å². The van der Waals surface area contributed by atoms with Crippen molar-refractivity contribution in [1.82, 2.24) is 5.32 Å². The molecule has 0 aromatic heterocycles. The third kappa shape index (κ3) is 3.71. The van der Waals surface area contributed by atoms with Gasteiger partial charge in [0.25, 0.3) is 0 Å². The average Bonchev–Trinajstić information content (AvgIpc) is 2.94. The van der Waals surface area contributed by atoms with Gasteiger partial charge in [-0.3, -0.25) is 0 Å². The van der Waals surface area contributed by atoms with E-state index in [4.69, 9.17) is 15.7 Å². The Morgan fingerprint density at radius 2 is 2.20 bits per heavy atom. The van der Waals surface area contributed by atoms with Gasteiger partial charge in [0.15, 0.2) is 5.84 Å². The Morgan fingerprint density at radius 3 is 2.85 bits per heavy atom. The van der Waals surface area contributed by atoms with E-state index in [9.17, 15) is 0 Å². The van der Waals surface area contributed by atoms with E-state index in [1.54, 1.807) is 0 Å². The molecule has 4 N–H and O–H groups in total. The first-order chi connectivity index (χ1) is 9.74. The second-order valence-corrected chi connectivity index (χ2v) is 5.18. The minimum absolute atomic E-state index is 0.137. The molecule has 0 aliphatic carbocycles. The van der Waals surface area contributed by atoms with E-state index in [1.807, 2.05) is 24.3 Å². The van der Waals surface area contributed by atoms with Crippen LogP contribution in [-0.2, 0) is 11.3 Å². The summed E-state index contributed by atoms with van der Waals surface area (Å²) in [6.45, 7) is 4.87. The number of nitrogens with zero attached hydrogens (tertiary/aromatic N) is 1. The number of amidine groups is 1. The van der Waals surface area contributed by atoms with Gasteiger partial charge in [0, 0.05) is 25.3 Å². The quantitative estimate of drug-likeness (QED) is 0.320. The second kappa shape index (κ2) is 7.26. The Bertz CT molecular complexity index is 445. The summed E-state index contributed by atoms with van der Waals surface area (Å²) >= 11 is 0. The largest absolute Gasteiger partial charge is 0.409 e. The Morgan fingerprint density at radius 1 is 1.45 bits per heavy atom. The number of hydrogen-bond donors (Lipinski definition) is 3. The molecule has 1 aromatic carbocycles. The third-order valence-electron chi connectivity index (χ3n) is 3.84. The number of hydrogen-bond acceptors (Lipinski definition) is 4. The molecule has 110 valence electrons. The van der Waals surface area contributed by atoms with Gasteiger partial charge in [0.1, 0.15) is 0 Å². The zero-order valence-electron chi connectivity index (χ0n) is 11.9.